The van der Waals surface area contributed by atoms with Crippen molar-refractivity contribution >= 4 is 5.97 Å². The predicted molar refractivity (Wildman–Crippen MR) is 83.3 cm³/mol. The molecule has 1 atom stereocenters. The van der Waals surface area contributed by atoms with Gasteiger partial charge in [-0.15, -0.1) is 0 Å². The highest BCUT2D eigenvalue weighted by Crippen LogP contribution is 2.35. The zero-order chi connectivity index (χ0) is 20.0. The van der Waals surface area contributed by atoms with Crippen molar-refractivity contribution in [3.8, 4) is 0 Å². The van der Waals surface area contributed by atoms with Crippen LogP contribution in [0.3, 0.4) is 0 Å². The molecule has 0 amide bonds. The van der Waals surface area contributed by atoms with Crippen molar-refractivity contribution in [3.63, 3.8) is 0 Å². The molecule has 4 nitrogen and oxygen atoms in total. The van der Waals surface area contributed by atoms with Crippen LogP contribution in [0.15, 0.2) is 24.3 Å². The van der Waals surface area contributed by atoms with E-state index in [1.807, 2.05) is 6.92 Å². The summed E-state index contributed by atoms with van der Waals surface area (Å²) in [5.74, 6) is -5.60. The van der Waals surface area contributed by atoms with Crippen molar-refractivity contribution in [3.05, 3.63) is 35.4 Å². The van der Waals surface area contributed by atoms with E-state index in [-0.39, 0.29) is 13.2 Å². The Morgan fingerprint density at radius 3 is 2.04 bits per heavy atom. The van der Waals surface area contributed by atoms with Gasteiger partial charge in [-0.05, 0) is 19.1 Å². The van der Waals surface area contributed by atoms with Crippen molar-refractivity contribution in [2.45, 2.75) is 25.9 Å². The minimum Gasteiger partial charge on any atom is -0.461 e. The first-order valence-electron chi connectivity index (χ1n) is 7.65. The monoisotopic (exact) mass is 384 g/mol. The molecule has 1 unspecified atom stereocenters. The number of rotatable bonds is 9. The maximum atomic E-state index is 12.9. The Morgan fingerprint density at radius 2 is 1.54 bits per heavy atom. The summed E-state index contributed by atoms with van der Waals surface area (Å²) < 4.78 is 76.8. The second kappa shape index (κ2) is 8.77. The van der Waals surface area contributed by atoms with Gasteiger partial charge in [0.1, 0.15) is 13.2 Å². The molecule has 9 heteroatoms. The molecule has 148 valence electrons. The summed E-state index contributed by atoms with van der Waals surface area (Å²) in [4.78, 5) is 12.0. The van der Waals surface area contributed by atoms with Crippen LogP contribution in [0.1, 0.15) is 22.8 Å². The molecule has 0 N–H and O–H groups in total. The summed E-state index contributed by atoms with van der Waals surface area (Å²) in [6.07, 6.45) is -5.69. The molecule has 26 heavy (non-hydrogen) atoms. The SMILES string of the molecule is COCC(C)(COCC(F)(F)C(F)(F)F)COC(=O)c1ccc(C)cc1. The van der Waals surface area contributed by atoms with Crippen LogP contribution in [0.4, 0.5) is 22.0 Å². The largest absolute Gasteiger partial charge is 0.461 e. The molecule has 1 rings (SSSR count). The molecular weight excluding hydrogens is 363 g/mol. The molecule has 0 fully saturated rings. The fraction of sp³-hybridized carbons (Fsp3) is 0.588. The van der Waals surface area contributed by atoms with E-state index in [2.05, 4.69) is 4.74 Å². The smallest absolute Gasteiger partial charge is 0.455 e. The normalized spacial score (nSPS) is 14.8. The second-order valence-electron chi connectivity index (χ2n) is 6.38. The average molecular weight is 384 g/mol. The van der Waals surface area contributed by atoms with E-state index in [0.717, 1.165) is 5.56 Å². The predicted octanol–water partition coefficient (Wildman–Crippen LogP) is 4.02. The second-order valence-corrected chi connectivity index (χ2v) is 6.38. The number of aryl methyl sites for hydroxylation is 1. The highest BCUT2D eigenvalue weighted by molar-refractivity contribution is 5.89. The van der Waals surface area contributed by atoms with E-state index in [9.17, 15) is 26.7 Å². The van der Waals surface area contributed by atoms with E-state index >= 15 is 0 Å². The summed E-state index contributed by atoms with van der Waals surface area (Å²) in [7, 11) is 1.32. The van der Waals surface area contributed by atoms with Crippen molar-refractivity contribution in [1.29, 1.82) is 0 Å². The Labute approximate surface area is 148 Å². The molecule has 0 saturated carbocycles. The highest BCUT2D eigenvalue weighted by Gasteiger charge is 2.57. The van der Waals surface area contributed by atoms with E-state index in [4.69, 9.17) is 9.47 Å². The molecule has 0 aliphatic carbocycles. The Kier molecular flexibility index (Phi) is 7.52. The van der Waals surface area contributed by atoms with Gasteiger partial charge in [0.2, 0.25) is 0 Å². The maximum Gasteiger partial charge on any atom is 0.455 e. The molecular formula is C17H21F5O4. The van der Waals surface area contributed by atoms with Gasteiger partial charge in [-0.25, -0.2) is 4.79 Å². The van der Waals surface area contributed by atoms with Crippen molar-refractivity contribution in [2.24, 2.45) is 5.41 Å². The Hall–Kier alpha value is -1.74. The van der Waals surface area contributed by atoms with Gasteiger partial charge < -0.3 is 14.2 Å². The number of benzene rings is 1. The molecule has 1 aromatic rings. The number of hydrogen-bond acceptors (Lipinski definition) is 4. The summed E-state index contributed by atoms with van der Waals surface area (Å²) in [5.41, 5.74) is 0.154. The Bertz CT molecular complexity index is 586. The Balaban J connectivity index is 2.62. The van der Waals surface area contributed by atoms with Gasteiger partial charge in [-0.3, -0.25) is 0 Å². The fourth-order valence-electron chi connectivity index (χ4n) is 1.99. The van der Waals surface area contributed by atoms with Crippen LogP contribution >= 0.6 is 0 Å². The lowest BCUT2D eigenvalue weighted by molar-refractivity contribution is -0.298. The third kappa shape index (κ3) is 6.53. The van der Waals surface area contributed by atoms with Crippen LogP contribution in [0.25, 0.3) is 0 Å². The van der Waals surface area contributed by atoms with Gasteiger partial charge >= 0.3 is 18.1 Å². The van der Waals surface area contributed by atoms with Crippen LogP contribution in [0.2, 0.25) is 0 Å². The van der Waals surface area contributed by atoms with Crippen LogP contribution in [-0.2, 0) is 14.2 Å². The zero-order valence-electron chi connectivity index (χ0n) is 14.7. The summed E-state index contributed by atoms with van der Waals surface area (Å²) in [6.45, 7) is 0.676. The molecule has 0 aliphatic rings. The minimum absolute atomic E-state index is 0.0637. The third-order valence-corrected chi connectivity index (χ3v) is 3.48. The van der Waals surface area contributed by atoms with Crippen LogP contribution in [0.5, 0.6) is 0 Å². The summed E-state index contributed by atoms with van der Waals surface area (Å²) in [6, 6.07) is 6.55. The molecule has 0 aromatic heterocycles. The van der Waals surface area contributed by atoms with Gasteiger partial charge in [0.05, 0.1) is 18.8 Å². The molecule has 0 saturated heterocycles. The number of carbonyl (C=O) groups excluding carboxylic acids is 1. The number of hydrogen-bond donors (Lipinski definition) is 0. The summed E-state index contributed by atoms with van der Waals surface area (Å²) in [5, 5.41) is 0. The van der Waals surface area contributed by atoms with E-state index < -0.39 is 36.7 Å². The van der Waals surface area contributed by atoms with Crippen LogP contribution in [-0.4, -0.2) is 51.6 Å². The quantitative estimate of drug-likeness (QED) is 0.477. The third-order valence-electron chi connectivity index (χ3n) is 3.48. The number of methoxy groups -OCH3 is 1. The zero-order valence-corrected chi connectivity index (χ0v) is 14.7. The number of carbonyl (C=O) groups is 1. The van der Waals surface area contributed by atoms with Crippen molar-refractivity contribution in [2.75, 3.05) is 33.5 Å². The fourth-order valence-corrected chi connectivity index (χ4v) is 1.99. The molecule has 0 aliphatic heterocycles. The molecule has 0 spiro atoms. The lowest BCUT2D eigenvalue weighted by Gasteiger charge is -2.29. The van der Waals surface area contributed by atoms with Gasteiger partial charge in [0.25, 0.3) is 0 Å². The first-order valence-corrected chi connectivity index (χ1v) is 7.65. The molecule has 0 bridgehead atoms. The molecule has 0 radical (unpaired) electrons. The number of halogens is 5. The molecule has 0 heterocycles. The standard InChI is InChI=1S/C17H21F5O4/c1-12-4-6-13(7-5-12)14(23)26-10-15(2,8-24-3)9-25-11-16(18,19)17(20,21)22/h4-7H,8-11H2,1-3H3. The first-order chi connectivity index (χ1) is 11.9. The van der Waals surface area contributed by atoms with Gasteiger partial charge in [-0.1, -0.05) is 24.6 Å². The number of ether oxygens (including phenoxy) is 3. The van der Waals surface area contributed by atoms with Crippen molar-refractivity contribution in [1.82, 2.24) is 0 Å². The topological polar surface area (TPSA) is 44.8 Å². The highest BCUT2D eigenvalue weighted by atomic mass is 19.4. The van der Waals surface area contributed by atoms with Crippen LogP contribution < -0.4 is 0 Å². The first kappa shape index (κ1) is 22.3. The van der Waals surface area contributed by atoms with Gasteiger partial charge in [-0.2, -0.15) is 22.0 Å². The number of alkyl halides is 5. The number of esters is 1. The van der Waals surface area contributed by atoms with Crippen LogP contribution in [0, 0.1) is 12.3 Å². The summed E-state index contributed by atoms with van der Waals surface area (Å²) >= 11 is 0. The van der Waals surface area contributed by atoms with E-state index in [0.29, 0.717) is 5.56 Å². The maximum absolute atomic E-state index is 12.9. The lowest BCUT2D eigenvalue weighted by Crippen LogP contribution is -2.43. The van der Waals surface area contributed by atoms with Gasteiger partial charge in [0.15, 0.2) is 0 Å². The van der Waals surface area contributed by atoms with Crippen molar-refractivity contribution < 1.29 is 41.0 Å². The van der Waals surface area contributed by atoms with E-state index in [1.54, 1.807) is 24.3 Å². The lowest BCUT2D eigenvalue weighted by atomic mass is 9.94. The molecule has 1 aromatic carbocycles. The van der Waals surface area contributed by atoms with Gasteiger partial charge in [0, 0.05) is 12.5 Å². The minimum atomic E-state index is -5.69. The Morgan fingerprint density at radius 1 is 0.962 bits per heavy atom. The van der Waals surface area contributed by atoms with E-state index in [1.165, 1.54) is 14.0 Å². The average Bonchev–Trinajstić information content (AvgIpc) is 2.52.